The lowest BCUT2D eigenvalue weighted by molar-refractivity contribution is -0.142. The van der Waals surface area contributed by atoms with Gasteiger partial charge in [-0.05, 0) is 38.3 Å². The summed E-state index contributed by atoms with van der Waals surface area (Å²) < 4.78 is 28.0. The van der Waals surface area contributed by atoms with E-state index in [1.54, 1.807) is 31.2 Å². The van der Waals surface area contributed by atoms with E-state index in [2.05, 4.69) is 0 Å². The molecule has 0 aromatic heterocycles. The fraction of sp³-hybridized carbons (Fsp3) is 0.500. The van der Waals surface area contributed by atoms with Crippen molar-refractivity contribution in [1.29, 1.82) is 0 Å². The number of rotatable bonds is 5. The molecule has 0 bridgehead atoms. The molecule has 1 unspecified atom stereocenters. The molecule has 2 rings (SSSR count). The molecule has 0 aliphatic carbocycles. The van der Waals surface area contributed by atoms with Crippen molar-refractivity contribution in [3.63, 3.8) is 0 Å². The van der Waals surface area contributed by atoms with Crippen molar-refractivity contribution in [1.82, 2.24) is 4.31 Å². The van der Waals surface area contributed by atoms with Crippen LogP contribution in [0.15, 0.2) is 30.3 Å². The van der Waals surface area contributed by atoms with Gasteiger partial charge in [-0.2, -0.15) is 12.7 Å². The monoisotopic (exact) mass is 312 g/mol. The minimum absolute atomic E-state index is 0.253. The van der Waals surface area contributed by atoms with Gasteiger partial charge in [0.1, 0.15) is 6.04 Å². The summed E-state index contributed by atoms with van der Waals surface area (Å²) in [6, 6.07) is 7.78. The van der Waals surface area contributed by atoms with Crippen molar-refractivity contribution in [3.05, 3.63) is 30.3 Å². The summed E-state index contributed by atoms with van der Waals surface area (Å²) >= 11 is 0. The molecule has 1 N–H and O–H groups in total. The quantitative estimate of drug-likeness (QED) is 0.897. The molecule has 6 nitrogen and oxygen atoms in total. The number of hydrogen-bond donors (Lipinski definition) is 1. The molecule has 0 radical (unpaired) electrons. The summed E-state index contributed by atoms with van der Waals surface area (Å²) in [5.74, 6) is -1.08. The number of aliphatic carboxylic acids is 1. The topological polar surface area (TPSA) is 77.9 Å². The highest BCUT2D eigenvalue weighted by molar-refractivity contribution is 7.90. The Labute approximate surface area is 125 Å². The second kappa shape index (κ2) is 6.44. The second-order valence-electron chi connectivity index (χ2n) is 4.97. The Balaban J connectivity index is 2.36. The van der Waals surface area contributed by atoms with Crippen LogP contribution in [0.5, 0.6) is 0 Å². The average Bonchev–Trinajstić information content (AvgIpc) is 2.49. The molecule has 21 heavy (non-hydrogen) atoms. The molecule has 1 saturated heterocycles. The van der Waals surface area contributed by atoms with Crippen LogP contribution in [0.1, 0.15) is 26.2 Å². The van der Waals surface area contributed by atoms with Crippen LogP contribution >= 0.6 is 0 Å². The summed E-state index contributed by atoms with van der Waals surface area (Å²) in [6.45, 7) is 2.25. The number of carboxylic acid groups (broad SMARTS) is 1. The summed E-state index contributed by atoms with van der Waals surface area (Å²) in [5, 5.41) is 9.27. The molecule has 1 aliphatic heterocycles. The van der Waals surface area contributed by atoms with Gasteiger partial charge in [-0.25, -0.2) is 0 Å². The van der Waals surface area contributed by atoms with Crippen LogP contribution in [0.3, 0.4) is 0 Å². The molecule has 0 amide bonds. The maximum atomic E-state index is 12.8. The highest BCUT2D eigenvalue weighted by atomic mass is 32.2. The van der Waals surface area contributed by atoms with Gasteiger partial charge < -0.3 is 5.11 Å². The third-order valence-electron chi connectivity index (χ3n) is 3.64. The standard InChI is InChI=1S/C14H20N2O4S/c1-2-15(12-8-4-3-5-9-12)21(19,20)16-11-7-6-10-13(16)14(17)18/h3-5,8-9,13H,2,6-7,10-11H2,1H3,(H,17,18). The van der Waals surface area contributed by atoms with Gasteiger partial charge in [-0.1, -0.05) is 18.2 Å². The Morgan fingerprint density at radius 1 is 1.33 bits per heavy atom. The van der Waals surface area contributed by atoms with Gasteiger partial charge in [0.25, 0.3) is 0 Å². The largest absolute Gasteiger partial charge is 0.480 e. The average molecular weight is 312 g/mol. The van der Waals surface area contributed by atoms with E-state index in [0.717, 1.165) is 10.7 Å². The number of hydrogen-bond acceptors (Lipinski definition) is 3. The lowest BCUT2D eigenvalue weighted by Gasteiger charge is -2.36. The first-order valence-electron chi connectivity index (χ1n) is 7.06. The van der Waals surface area contributed by atoms with Gasteiger partial charge >= 0.3 is 16.2 Å². The fourth-order valence-corrected chi connectivity index (χ4v) is 4.47. The first kappa shape index (κ1) is 15.8. The summed E-state index contributed by atoms with van der Waals surface area (Å²) in [4.78, 5) is 11.3. The molecule has 7 heteroatoms. The van der Waals surface area contributed by atoms with Crippen molar-refractivity contribution in [2.24, 2.45) is 0 Å². The molecular formula is C14H20N2O4S. The Kier molecular flexibility index (Phi) is 4.84. The zero-order valence-corrected chi connectivity index (χ0v) is 12.8. The zero-order valence-electron chi connectivity index (χ0n) is 12.0. The molecular weight excluding hydrogens is 292 g/mol. The van der Waals surface area contributed by atoms with Gasteiger partial charge in [0.2, 0.25) is 0 Å². The van der Waals surface area contributed by atoms with Crippen molar-refractivity contribution in [3.8, 4) is 0 Å². The molecule has 0 spiro atoms. The Hall–Kier alpha value is -1.60. The Morgan fingerprint density at radius 2 is 2.00 bits per heavy atom. The van der Waals surface area contributed by atoms with Gasteiger partial charge in [0, 0.05) is 13.1 Å². The number of anilines is 1. The van der Waals surface area contributed by atoms with E-state index in [4.69, 9.17) is 0 Å². The van der Waals surface area contributed by atoms with Crippen LogP contribution in [0.2, 0.25) is 0 Å². The highest BCUT2D eigenvalue weighted by Gasteiger charge is 2.39. The molecule has 1 aromatic rings. The van der Waals surface area contributed by atoms with Crippen molar-refractivity contribution in [2.75, 3.05) is 17.4 Å². The smallest absolute Gasteiger partial charge is 0.322 e. The fourth-order valence-electron chi connectivity index (χ4n) is 2.63. The molecule has 1 fully saturated rings. The van der Waals surface area contributed by atoms with E-state index in [0.29, 0.717) is 18.5 Å². The summed E-state index contributed by atoms with van der Waals surface area (Å²) in [7, 11) is -3.84. The van der Waals surface area contributed by atoms with Crippen molar-refractivity contribution >= 4 is 21.9 Å². The number of benzene rings is 1. The summed E-state index contributed by atoms with van der Waals surface area (Å²) in [5.41, 5.74) is 0.551. The maximum Gasteiger partial charge on any atom is 0.322 e. The van der Waals surface area contributed by atoms with Crippen LogP contribution in [-0.4, -0.2) is 42.9 Å². The van der Waals surface area contributed by atoms with E-state index in [-0.39, 0.29) is 13.1 Å². The van der Waals surface area contributed by atoms with E-state index in [1.165, 1.54) is 4.31 Å². The van der Waals surface area contributed by atoms with Crippen LogP contribution in [0, 0.1) is 0 Å². The molecule has 116 valence electrons. The number of carboxylic acids is 1. The van der Waals surface area contributed by atoms with Crippen LogP contribution < -0.4 is 4.31 Å². The first-order valence-corrected chi connectivity index (χ1v) is 8.45. The van der Waals surface area contributed by atoms with Crippen LogP contribution in [0.4, 0.5) is 5.69 Å². The van der Waals surface area contributed by atoms with Crippen LogP contribution in [-0.2, 0) is 15.0 Å². The maximum absolute atomic E-state index is 12.8. The lowest BCUT2D eigenvalue weighted by Crippen LogP contribution is -2.53. The third kappa shape index (κ3) is 3.19. The van der Waals surface area contributed by atoms with Crippen molar-refractivity contribution < 1.29 is 18.3 Å². The van der Waals surface area contributed by atoms with Gasteiger partial charge in [-0.15, -0.1) is 0 Å². The Bertz CT molecular complexity index is 588. The van der Waals surface area contributed by atoms with E-state index in [1.807, 2.05) is 6.07 Å². The third-order valence-corrected chi connectivity index (χ3v) is 5.70. The number of piperidine rings is 1. The minimum atomic E-state index is -3.84. The van der Waals surface area contributed by atoms with E-state index < -0.39 is 22.2 Å². The second-order valence-corrected chi connectivity index (χ2v) is 6.77. The first-order chi connectivity index (χ1) is 9.98. The SMILES string of the molecule is CCN(c1ccccc1)S(=O)(=O)N1CCCCC1C(=O)O. The molecule has 1 aromatic carbocycles. The number of nitrogens with zero attached hydrogens (tertiary/aromatic N) is 2. The minimum Gasteiger partial charge on any atom is -0.480 e. The molecule has 0 saturated carbocycles. The van der Waals surface area contributed by atoms with E-state index in [9.17, 15) is 18.3 Å². The Morgan fingerprint density at radius 3 is 2.57 bits per heavy atom. The predicted molar refractivity (Wildman–Crippen MR) is 80.4 cm³/mol. The van der Waals surface area contributed by atoms with Crippen molar-refractivity contribution in [2.45, 2.75) is 32.2 Å². The van der Waals surface area contributed by atoms with Crippen LogP contribution in [0.25, 0.3) is 0 Å². The molecule has 1 heterocycles. The number of carbonyl (C=O) groups is 1. The normalized spacial score (nSPS) is 20.1. The zero-order chi connectivity index (χ0) is 15.5. The van der Waals surface area contributed by atoms with Gasteiger partial charge in [0.15, 0.2) is 0 Å². The molecule has 1 atom stereocenters. The highest BCUT2D eigenvalue weighted by Crippen LogP contribution is 2.26. The lowest BCUT2D eigenvalue weighted by atomic mass is 10.1. The van der Waals surface area contributed by atoms with Gasteiger partial charge in [0.05, 0.1) is 5.69 Å². The number of para-hydroxylation sites is 1. The van der Waals surface area contributed by atoms with E-state index >= 15 is 0 Å². The summed E-state index contributed by atoms with van der Waals surface area (Å²) in [6.07, 6.45) is 1.79. The van der Waals surface area contributed by atoms with Gasteiger partial charge in [-0.3, -0.25) is 9.10 Å². The predicted octanol–water partition coefficient (Wildman–Crippen LogP) is 1.70. The molecule has 1 aliphatic rings.